The van der Waals surface area contributed by atoms with E-state index in [1.165, 1.54) is 5.56 Å². The van der Waals surface area contributed by atoms with Crippen molar-refractivity contribution in [3.05, 3.63) is 34.9 Å². The van der Waals surface area contributed by atoms with E-state index >= 15 is 0 Å². The van der Waals surface area contributed by atoms with E-state index in [2.05, 4.69) is 16.0 Å². The van der Waals surface area contributed by atoms with E-state index in [0.717, 1.165) is 25.1 Å². The van der Waals surface area contributed by atoms with E-state index in [1.807, 2.05) is 39.0 Å². The molecule has 0 saturated carbocycles. The smallest absolute Gasteiger partial charge is 0.251 e. The van der Waals surface area contributed by atoms with Crippen LogP contribution in [-0.4, -0.2) is 30.4 Å². The number of rotatable bonds is 3. The number of nitrogens with one attached hydrogen (secondary N) is 3. The maximum atomic E-state index is 12.1. The monoisotopic (exact) mass is 289 g/mol. The second-order valence-corrected chi connectivity index (χ2v) is 6.39. The maximum absolute atomic E-state index is 12.1. The number of amides is 2. The topological polar surface area (TPSA) is 70.2 Å². The molecule has 2 rings (SSSR count). The van der Waals surface area contributed by atoms with Gasteiger partial charge in [-0.15, -0.1) is 0 Å². The fourth-order valence-corrected chi connectivity index (χ4v) is 2.35. The summed E-state index contributed by atoms with van der Waals surface area (Å²) >= 11 is 0. The molecule has 0 atom stereocenters. The van der Waals surface area contributed by atoms with Crippen LogP contribution >= 0.6 is 0 Å². The Labute approximate surface area is 125 Å². The van der Waals surface area contributed by atoms with Crippen molar-refractivity contribution in [2.75, 3.05) is 13.1 Å². The highest BCUT2D eigenvalue weighted by atomic mass is 16.2. The molecule has 0 radical (unpaired) electrons. The van der Waals surface area contributed by atoms with Crippen LogP contribution in [0.1, 0.15) is 42.3 Å². The van der Waals surface area contributed by atoms with Gasteiger partial charge in [-0.2, -0.15) is 0 Å². The van der Waals surface area contributed by atoms with Crippen LogP contribution < -0.4 is 16.0 Å². The summed E-state index contributed by atoms with van der Waals surface area (Å²) in [7, 11) is 0. The molecule has 1 aliphatic rings. The summed E-state index contributed by atoms with van der Waals surface area (Å²) in [6.07, 6.45) is 0.991. The van der Waals surface area contributed by atoms with Gasteiger partial charge in [0.15, 0.2) is 0 Å². The number of hydrogen-bond donors (Lipinski definition) is 3. The number of carbonyl (C=O) groups is 2. The Bertz CT molecular complexity index is 547. The zero-order valence-electron chi connectivity index (χ0n) is 12.9. The summed E-state index contributed by atoms with van der Waals surface area (Å²) in [6.45, 7) is 7.48. The molecule has 1 aliphatic heterocycles. The number of hydrogen-bond acceptors (Lipinski definition) is 3. The highest BCUT2D eigenvalue weighted by Gasteiger charge is 2.16. The maximum Gasteiger partial charge on any atom is 0.251 e. The summed E-state index contributed by atoms with van der Waals surface area (Å²) < 4.78 is 0. The number of carbonyl (C=O) groups excluding carboxylic acids is 2. The van der Waals surface area contributed by atoms with Crippen LogP contribution in [0.2, 0.25) is 0 Å². The Morgan fingerprint density at radius 3 is 2.71 bits per heavy atom. The third-order valence-electron chi connectivity index (χ3n) is 3.28. The van der Waals surface area contributed by atoms with Crippen LogP contribution in [0.25, 0.3) is 0 Å². The summed E-state index contributed by atoms with van der Waals surface area (Å²) in [5, 5.41) is 8.76. The summed E-state index contributed by atoms with van der Waals surface area (Å²) in [5.74, 6) is -0.400. The SMILES string of the molecule is CC(C)(C)NC(=O)CNC(=O)c1ccc2c(c1)CNCC2. The van der Waals surface area contributed by atoms with Gasteiger partial charge in [0, 0.05) is 17.6 Å². The van der Waals surface area contributed by atoms with E-state index in [1.54, 1.807) is 0 Å². The molecule has 1 heterocycles. The largest absolute Gasteiger partial charge is 0.350 e. The van der Waals surface area contributed by atoms with Crippen molar-refractivity contribution in [1.82, 2.24) is 16.0 Å². The molecule has 0 bridgehead atoms. The lowest BCUT2D eigenvalue weighted by Crippen LogP contribution is -2.45. The molecule has 0 unspecified atom stereocenters. The van der Waals surface area contributed by atoms with Gasteiger partial charge in [0.1, 0.15) is 0 Å². The van der Waals surface area contributed by atoms with Crippen molar-refractivity contribution in [2.45, 2.75) is 39.3 Å². The molecule has 0 aromatic heterocycles. The first-order chi connectivity index (χ1) is 9.85. The Morgan fingerprint density at radius 1 is 1.24 bits per heavy atom. The molecular weight excluding hydrogens is 266 g/mol. The summed E-state index contributed by atoms with van der Waals surface area (Å²) in [6, 6.07) is 5.72. The highest BCUT2D eigenvalue weighted by molar-refractivity contribution is 5.96. The number of benzene rings is 1. The van der Waals surface area contributed by atoms with Crippen molar-refractivity contribution in [3.63, 3.8) is 0 Å². The molecule has 5 heteroatoms. The predicted octanol–water partition coefficient (Wildman–Crippen LogP) is 0.977. The lowest BCUT2D eigenvalue weighted by molar-refractivity contribution is -0.121. The third kappa shape index (κ3) is 4.56. The standard InChI is InChI=1S/C16H23N3O2/c1-16(2,3)19-14(20)10-18-15(21)12-5-4-11-6-7-17-9-13(11)8-12/h4-5,8,17H,6-7,9-10H2,1-3H3,(H,18,21)(H,19,20). The third-order valence-corrected chi connectivity index (χ3v) is 3.28. The second kappa shape index (κ2) is 6.26. The molecule has 1 aromatic carbocycles. The van der Waals surface area contributed by atoms with Crippen molar-refractivity contribution in [2.24, 2.45) is 0 Å². The van der Waals surface area contributed by atoms with Gasteiger partial charge in [0.05, 0.1) is 6.54 Å². The van der Waals surface area contributed by atoms with Crippen LogP contribution in [0.5, 0.6) is 0 Å². The fourth-order valence-electron chi connectivity index (χ4n) is 2.35. The molecule has 114 valence electrons. The van der Waals surface area contributed by atoms with Crippen molar-refractivity contribution >= 4 is 11.8 Å². The Balaban J connectivity index is 1.93. The minimum absolute atomic E-state index is 0.00849. The first kappa shape index (κ1) is 15.5. The molecule has 0 fully saturated rings. The van der Waals surface area contributed by atoms with Gasteiger partial charge in [-0.25, -0.2) is 0 Å². The first-order valence-electron chi connectivity index (χ1n) is 7.27. The van der Waals surface area contributed by atoms with E-state index in [0.29, 0.717) is 5.56 Å². The molecule has 0 saturated heterocycles. The van der Waals surface area contributed by atoms with Crippen LogP contribution in [0.15, 0.2) is 18.2 Å². The Hall–Kier alpha value is -1.88. The van der Waals surface area contributed by atoms with E-state index in [-0.39, 0.29) is 23.9 Å². The zero-order chi connectivity index (χ0) is 15.5. The molecular formula is C16H23N3O2. The molecule has 1 aromatic rings. The molecule has 5 nitrogen and oxygen atoms in total. The zero-order valence-corrected chi connectivity index (χ0v) is 12.9. The van der Waals surface area contributed by atoms with E-state index in [9.17, 15) is 9.59 Å². The van der Waals surface area contributed by atoms with Gasteiger partial charge in [-0.05, 0) is 57.0 Å². The molecule has 0 aliphatic carbocycles. The highest BCUT2D eigenvalue weighted by Crippen LogP contribution is 2.15. The van der Waals surface area contributed by atoms with Crippen molar-refractivity contribution in [3.8, 4) is 0 Å². The molecule has 21 heavy (non-hydrogen) atoms. The average Bonchev–Trinajstić information content (AvgIpc) is 2.42. The van der Waals surface area contributed by atoms with Crippen LogP contribution in [0, 0.1) is 0 Å². The molecule has 2 amide bonds. The van der Waals surface area contributed by atoms with Gasteiger partial charge in [0.25, 0.3) is 5.91 Å². The van der Waals surface area contributed by atoms with E-state index < -0.39 is 0 Å². The quantitative estimate of drug-likeness (QED) is 0.777. The Kier molecular flexibility index (Phi) is 4.63. The minimum atomic E-state index is -0.292. The number of fused-ring (bicyclic) bond motifs is 1. The predicted molar refractivity (Wildman–Crippen MR) is 82.1 cm³/mol. The normalized spacial score (nSPS) is 14.2. The lowest BCUT2D eigenvalue weighted by atomic mass is 9.98. The van der Waals surface area contributed by atoms with Crippen LogP contribution in [0.4, 0.5) is 0 Å². The fraction of sp³-hybridized carbons (Fsp3) is 0.500. The average molecular weight is 289 g/mol. The summed E-state index contributed by atoms with van der Waals surface area (Å²) in [4.78, 5) is 23.8. The Morgan fingerprint density at radius 2 is 2.00 bits per heavy atom. The van der Waals surface area contributed by atoms with Crippen molar-refractivity contribution < 1.29 is 9.59 Å². The van der Waals surface area contributed by atoms with Crippen molar-refractivity contribution in [1.29, 1.82) is 0 Å². The second-order valence-electron chi connectivity index (χ2n) is 6.39. The molecule has 3 N–H and O–H groups in total. The van der Waals surface area contributed by atoms with Gasteiger partial charge in [0.2, 0.25) is 5.91 Å². The van der Waals surface area contributed by atoms with Crippen LogP contribution in [0.3, 0.4) is 0 Å². The lowest BCUT2D eigenvalue weighted by Gasteiger charge is -2.20. The first-order valence-corrected chi connectivity index (χ1v) is 7.27. The minimum Gasteiger partial charge on any atom is -0.350 e. The molecule has 0 spiro atoms. The van der Waals surface area contributed by atoms with Crippen LogP contribution in [-0.2, 0) is 17.8 Å². The summed E-state index contributed by atoms with van der Waals surface area (Å²) in [5.41, 5.74) is 2.75. The van der Waals surface area contributed by atoms with Gasteiger partial charge < -0.3 is 16.0 Å². The van der Waals surface area contributed by atoms with Gasteiger partial charge >= 0.3 is 0 Å². The van der Waals surface area contributed by atoms with Gasteiger partial charge in [-0.1, -0.05) is 6.07 Å². The van der Waals surface area contributed by atoms with Gasteiger partial charge in [-0.3, -0.25) is 9.59 Å². The van der Waals surface area contributed by atoms with E-state index in [4.69, 9.17) is 0 Å².